The maximum atomic E-state index is 14.1. The smallest absolute Gasteiger partial charge is 0.320 e. The van der Waals surface area contributed by atoms with E-state index >= 15 is 0 Å². The lowest BCUT2D eigenvalue weighted by Crippen LogP contribution is -2.39. The number of hydrogen-bond donors (Lipinski definition) is 0. The summed E-state index contributed by atoms with van der Waals surface area (Å²) < 4.78 is 31.1. The fraction of sp³-hybridized carbons (Fsp3) is 0.150. The maximum absolute atomic E-state index is 14.1. The summed E-state index contributed by atoms with van der Waals surface area (Å²) in [7, 11) is 0. The van der Waals surface area contributed by atoms with Crippen molar-refractivity contribution in [2.75, 3.05) is 0 Å². The molecule has 0 aliphatic rings. The molecule has 2 heterocycles. The number of fused-ring (bicyclic) bond motifs is 1. The molecular formula is C20H15ClF2N4O2. The summed E-state index contributed by atoms with van der Waals surface area (Å²) in [5.74, 6) is -1.42. The van der Waals surface area contributed by atoms with Gasteiger partial charge in [0.2, 0.25) is 0 Å². The molecule has 0 bridgehead atoms. The van der Waals surface area contributed by atoms with Crippen molar-refractivity contribution < 1.29 is 8.78 Å². The zero-order chi connectivity index (χ0) is 20.7. The van der Waals surface area contributed by atoms with Crippen molar-refractivity contribution in [1.82, 2.24) is 18.7 Å². The fourth-order valence-corrected chi connectivity index (χ4v) is 3.36. The Morgan fingerprint density at radius 1 is 1.07 bits per heavy atom. The van der Waals surface area contributed by atoms with Crippen LogP contribution in [0.3, 0.4) is 0 Å². The molecule has 4 rings (SSSR count). The van der Waals surface area contributed by atoms with E-state index in [2.05, 4.69) is 4.98 Å². The summed E-state index contributed by atoms with van der Waals surface area (Å²) in [5.41, 5.74) is -0.0925. The van der Waals surface area contributed by atoms with Gasteiger partial charge in [-0.2, -0.15) is 0 Å². The molecular weight excluding hydrogens is 402 g/mol. The first-order chi connectivity index (χ1) is 13.9. The van der Waals surface area contributed by atoms with Gasteiger partial charge in [0.1, 0.15) is 11.6 Å². The van der Waals surface area contributed by atoms with Crippen LogP contribution in [0.15, 0.2) is 58.4 Å². The lowest BCUT2D eigenvalue weighted by Gasteiger charge is -2.12. The third kappa shape index (κ3) is 3.25. The normalized spacial score (nSPS) is 11.3. The quantitative estimate of drug-likeness (QED) is 0.512. The molecule has 0 saturated heterocycles. The van der Waals surface area contributed by atoms with Gasteiger partial charge in [-0.25, -0.2) is 23.1 Å². The van der Waals surface area contributed by atoms with Gasteiger partial charge in [0.25, 0.3) is 5.56 Å². The van der Waals surface area contributed by atoms with Crippen LogP contribution in [0.25, 0.3) is 16.9 Å². The minimum absolute atomic E-state index is 0.0413. The van der Waals surface area contributed by atoms with E-state index in [9.17, 15) is 18.4 Å². The average molecular weight is 417 g/mol. The first kappa shape index (κ1) is 19.1. The van der Waals surface area contributed by atoms with E-state index in [1.807, 2.05) is 0 Å². The van der Waals surface area contributed by atoms with Crippen LogP contribution < -0.4 is 11.2 Å². The van der Waals surface area contributed by atoms with Crippen LogP contribution in [-0.4, -0.2) is 18.7 Å². The Morgan fingerprint density at radius 2 is 1.79 bits per heavy atom. The van der Waals surface area contributed by atoms with Crippen molar-refractivity contribution in [2.24, 2.45) is 0 Å². The predicted molar refractivity (Wildman–Crippen MR) is 106 cm³/mol. The second-order valence-electron chi connectivity index (χ2n) is 6.42. The number of rotatable bonds is 4. The van der Waals surface area contributed by atoms with Crippen molar-refractivity contribution in [3.05, 3.63) is 91.9 Å². The van der Waals surface area contributed by atoms with E-state index in [0.717, 1.165) is 16.7 Å². The van der Waals surface area contributed by atoms with E-state index in [1.165, 1.54) is 21.5 Å². The summed E-state index contributed by atoms with van der Waals surface area (Å²) in [6, 6.07) is 9.78. The molecule has 0 unspecified atom stereocenters. The number of nitrogens with zero attached hydrogens (tertiary/aromatic N) is 4. The van der Waals surface area contributed by atoms with Crippen LogP contribution in [0, 0.1) is 11.6 Å². The zero-order valence-electron chi connectivity index (χ0n) is 15.3. The van der Waals surface area contributed by atoms with Crippen molar-refractivity contribution in [3.8, 4) is 5.69 Å². The molecule has 4 aromatic rings. The van der Waals surface area contributed by atoms with Gasteiger partial charge in [0, 0.05) is 23.2 Å². The molecule has 0 fully saturated rings. The minimum Gasteiger partial charge on any atom is -0.320 e. The van der Waals surface area contributed by atoms with Gasteiger partial charge >= 0.3 is 5.69 Å². The summed E-state index contributed by atoms with van der Waals surface area (Å²) in [6.45, 7) is 1.79. The molecule has 29 heavy (non-hydrogen) atoms. The van der Waals surface area contributed by atoms with Crippen molar-refractivity contribution in [3.63, 3.8) is 0 Å². The van der Waals surface area contributed by atoms with Crippen molar-refractivity contribution in [1.29, 1.82) is 0 Å². The molecule has 0 spiro atoms. The molecule has 0 atom stereocenters. The Labute approximate surface area is 168 Å². The molecule has 2 aromatic heterocycles. The molecule has 2 aromatic carbocycles. The predicted octanol–water partition coefficient (Wildman–Crippen LogP) is 3.35. The maximum Gasteiger partial charge on any atom is 0.337 e. The third-order valence-corrected chi connectivity index (χ3v) is 4.91. The lowest BCUT2D eigenvalue weighted by molar-refractivity contribution is 0.567. The number of hydrogen-bond acceptors (Lipinski definition) is 3. The van der Waals surface area contributed by atoms with E-state index in [-0.39, 0.29) is 29.8 Å². The lowest BCUT2D eigenvalue weighted by atomic mass is 10.2. The van der Waals surface area contributed by atoms with Gasteiger partial charge in [-0.15, -0.1) is 0 Å². The molecule has 0 N–H and O–H groups in total. The number of aromatic nitrogens is 4. The van der Waals surface area contributed by atoms with Crippen molar-refractivity contribution in [2.45, 2.75) is 20.0 Å². The highest BCUT2D eigenvalue weighted by Gasteiger charge is 2.19. The molecule has 0 amide bonds. The van der Waals surface area contributed by atoms with Gasteiger partial charge in [-0.3, -0.25) is 9.36 Å². The first-order valence-corrected chi connectivity index (χ1v) is 9.19. The molecule has 0 aliphatic carbocycles. The highest BCUT2D eigenvalue weighted by molar-refractivity contribution is 6.30. The highest BCUT2D eigenvalue weighted by atomic mass is 35.5. The second kappa shape index (κ2) is 7.29. The summed E-state index contributed by atoms with van der Waals surface area (Å²) in [5, 5.41) is 0.499. The third-order valence-electron chi connectivity index (χ3n) is 4.66. The Bertz CT molecular complexity index is 1340. The van der Waals surface area contributed by atoms with Crippen LogP contribution in [0.4, 0.5) is 8.78 Å². The average Bonchev–Trinajstić information content (AvgIpc) is 3.09. The van der Waals surface area contributed by atoms with Crippen LogP contribution in [0.5, 0.6) is 0 Å². The van der Waals surface area contributed by atoms with Crippen LogP contribution in [-0.2, 0) is 13.1 Å². The SMILES string of the molecule is CCn1c(=O)c2c(ncn2Cc2ccc(F)cc2F)n(-c2ccc(Cl)cc2)c1=O. The van der Waals surface area contributed by atoms with Crippen molar-refractivity contribution >= 4 is 22.8 Å². The zero-order valence-corrected chi connectivity index (χ0v) is 16.0. The topological polar surface area (TPSA) is 61.8 Å². The summed E-state index contributed by atoms with van der Waals surface area (Å²) >= 11 is 5.94. The van der Waals surface area contributed by atoms with Crippen LogP contribution in [0.2, 0.25) is 5.02 Å². The Balaban J connectivity index is 1.98. The van der Waals surface area contributed by atoms with E-state index in [1.54, 1.807) is 31.2 Å². The standard InChI is InChI=1S/C20H15ClF2N4O2/c1-2-26-19(28)17-18(27(20(26)29)15-7-4-13(21)5-8-15)24-11-25(17)10-12-3-6-14(22)9-16(12)23/h3-9,11H,2,10H2,1H3. The molecule has 0 radical (unpaired) electrons. The molecule has 0 aliphatic heterocycles. The molecule has 0 saturated carbocycles. The van der Waals surface area contributed by atoms with Gasteiger partial charge in [-0.05, 0) is 37.3 Å². The second-order valence-corrected chi connectivity index (χ2v) is 6.86. The van der Waals surface area contributed by atoms with Gasteiger partial charge < -0.3 is 4.57 Å². The minimum atomic E-state index is -0.728. The fourth-order valence-electron chi connectivity index (χ4n) is 3.23. The van der Waals surface area contributed by atoms with Crippen LogP contribution in [0.1, 0.15) is 12.5 Å². The number of imidazole rings is 1. The number of benzene rings is 2. The molecule has 148 valence electrons. The van der Waals surface area contributed by atoms with E-state index in [4.69, 9.17) is 11.6 Å². The molecule has 9 heteroatoms. The number of halogens is 3. The summed E-state index contributed by atoms with van der Waals surface area (Å²) in [6.07, 6.45) is 1.36. The van der Waals surface area contributed by atoms with Crippen LogP contribution >= 0.6 is 11.6 Å². The Kier molecular flexibility index (Phi) is 4.79. The Morgan fingerprint density at radius 3 is 2.45 bits per heavy atom. The molecule has 6 nitrogen and oxygen atoms in total. The van der Waals surface area contributed by atoms with Gasteiger partial charge in [-0.1, -0.05) is 17.7 Å². The highest BCUT2D eigenvalue weighted by Crippen LogP contribution is 2.18. The van der Waals surface area contributed by atoms with E-state index in [0.29, 0.717) is 10.7 Å². The first-order valence-electron chi connectivity index (χ1n) is 8.81. The Hall–Kier alpha value is -3.26. The van der Waals surface area contributed by atoms with Gasteiger partial charge in [0.05, 0.1) is 18.6 Å². The van der Waals surface area contributed by atoms with E-state index < -0.39 is 22.9 Å². The summed E-state index contributed by atoms with van der Waals surface area (Å²) in [4.78, 5) is 30.1. The monoisotopic (exact) mass is 416 g/mol. The largest absolute Gasteiger partial charge is 0.337 e. The van der Waals surface area contributed by atoms with Gasteiger partial charge in [0.15, 0.2) is 11.2 Å².